The van der Waals surface area contributed by atoms with Crippen molar-refractivity contribution in [1.82, 2.24) is 0 Å². The van der Waals surface area contributed by atoms with E-state index in [9.17, 15) is 8.78 Å². The van der Waals surface area contributed by atoms with E-state index in [2.05, 4.69) is 0 Å². The van der Waals surface area contributed by atoms with Gasteiger partial charge in [0.25, 0.3) is 0 Å². The summed E-state index contributed by atoms with van der Waals surface area (Å²) in [5.41, 5.74) is 7.17. The molecule has 0 aliphatic carbocycles. The maximum Gasteiger partial charge on any atom is 0.142 e. The summed E-state index contributed by atoms with van der Waals surface area (Å²) in [7, 11) is 0. The van der Waals surface area contributed by atoms with Gasteiger partial charge in [0.1, 0.15) is 11.6 Å². The lowest BCUT2D eigenvalue weighted by Gasteiger charge is -2.06. The molecule has 0 atom stereocenters. The van der Waals surface area contributed by atoms with Crippen LogP contribution in [0.5, 0.6) is 0 Å². The van der Waals surface area contributed by atoms with E-state index < -0.39 is 5.82 Å². The molecule has 2 rings (SSSR count). The first-order valence-corrected chi connectivity index (χ1v) is 5.43. The number of hydrogen-bond donors (Lipinski definition) is 1. The smallest absolute Gasteiger partial charge is 0.142 e. The van der Waals surface area contributed by atoms with E-state index in [0.29, 0.717) is 16.7 Å². The second-order valence-electron chi connectivity index (χ2n) is 3.64. The third kappa shape index (κ3) is 2.99. The summed E-state index contributed by atoms with van der Waals surface area (Å²) in [5, 5.41) is 0.0647. The SMILES string of the molecule is Cl.NCc1cc(-c2ccc(Cl)c(F)c2)ccc1F. The number of hydrogen-bond acceptors (Lipinski definition) is 1. The zero-order valence-corrected chi connectivity index (χ0v) is 10.9. The third-order valence-corrected chi connectivity index (χ3v) is 2.83. The molecule has 0 unspecified atom stereocenters. The molecule has 0 aromatic heterocycles. The highest BCUT2D eigenvalue weighted by Crippen LogP contribution is 2.25. The van der Waals surface area contributed by atoms with Crippen LogP contribution in [-0.4, -0.2) is 0 Å². The van der Waals surface area contributed by atoms with E-state index in [4.69, 9.17) is 17.3 Å². The molecule has 0 aliphatic rings. The predicted octanol–water partition coefficient (Wildman–Crippen LogP) is 4.17. The van der Waals surface area contributed by atoms with Crippen LogP contribution in [0.25, 0.3) is 11.1 Å². The molecule has 2 aromatic rings. The summed E-state index contributed by atoms with van der Waals surface area (Å²) in [4.78, 5) is 0. The minimum absolute atomic E-state index is 0. The monoisotopic (exact) mass is 289 g/mol. The van der Waals surface area contributed by atoms with Gasteiger partial charge in [0, 0.05) is 12.1 Å². The van der Waals surface area contributed by atoms with Crippen molar-refractivity contribution in [3.8, 4) is 11.1 Å². The Balaban J connectivity index is 0.00000162. The predicted molar refractivity (Wildman–Crippen MR) is 71.9 cm³/mol. The van der Waals surface area contributed by atoms with E-state index in [1.54, 1.807) is 18.2 Å². The minimum atomic E-state index is -0.497. The van der Waals surface area contributed by atoms with Crippen molar-refractivity contribution in [3.05, 3.63) is 58.6 Å². The van der Waals surface area contributed by atoms with Gasteiger partial charge in [0.2, 0.25) is 0 Å². The first-order chi connectivity index (χ1) is 8.11. The summed E-state index contributed by atoms with van der Waals surface area (Å²) in [6.45, 7) is 0.107. The van der Waals surface area contributed by atoms with Gasteiger partial charge in [-0.2, -0.15) is 0 Å². The van der Waals surface area contributed by atoms with E-state index in [1.165, 1.54) is 18.2 Å². The van der Waals surface area contributed by atoms with Crippen molar-refractivity contribution in [2.75, 3.05) is 0 Å². The zero-order valence-electron chi connectivity index (χ0n) is 9.29. The fourth-order valence-electron chi connectivity index (χ4n) is 1.59. The summed E-state index contributed by atoms with van der Waals surface area (Å²) < 4.78 is 26.5. The molecule has 0 spiro atoms. The Morgan fingerprint density at radius 2 is 1.56 bits per heavy atom. The van der Waals surface area contributed by atoms with Crippen molar-refractivity contribution in [2.45, 2.75) is 6.54 Å². The molecule has 5 heteroatoms. The summed E-state index contributed by atoms with van der Waals surface area (Å²) in [5.74, 6) is -0.853. The highest BCUT2D eigenvalue weighted by Gasteiger charge is 2.06. The molecule has 0 saturated carbocycles. The molecule has 0 amide bonds. The summed E-state index contributed by atoms with van der Waals surface area (Å²) >= 11 is 5.60. The fourth-order valence-corrected chi connectivity index (χ4v) is 1.70. The zero-order chi connectivity index (χ0) is 12.4. The molecule has 1 nitrogen and oxygen atoms in total. The van der Waals surface area contributed by atoms with E-state index >= 15 is 0 Å². The maximum atomic E-state index is 13.3. The molecule has 0 radical (unpaired) electrons. The van der Waals surface area contributed by atoms with Crippen LogP contribution < -0.4 is 5.73 Å². The number of benzene rings is 2. The van der Waals surface area contributed by atoms with Crippen LogP contribution in [0.3, 0.4) is 0 Å². The van der Waals surface area contributed by atoms with Crippen LogP contribution in [0, 0.1) is 11.6 Å². The van der Waals surface area contributed by atoms with Crippen molar-refractivity contribution >= 4 is 24.0 Å². The van der Waals surface area contributed by atoms with Crippen LogP contribution in [0.2, 0.25) is 5.02 Å². The molecular weight excluding hydrogens is 279 g/mol. The summed E-state index contributed by atoms with van der Waals surface area (Å²) in [6, 6.07) is 8.98. The average Bonchev–Trinajstić information content (AvgIpc) is 2.33. The molecule has 0 aliphatic heterocycles. The van der Waals surface area contributed by atoms with Gasteiger partial charge in [0.15, 0.2) is 0 Å². The topological polar surface area (TPSA) is 26.0 Å². The van der Waals surface area contributed by atoms with Gasteiger partial charge >= 0.3 is 0 Å². The summed E-state index contributed by atoms with van der Waals surface area (Å²) in [6.07, 6.45) is 0. The standard InChI is InChI=1S/C13H10ClF2N.ClH/c14-11-3-1-9(6-13(11)16)8-2-4-12(15)10(5-8)7-17;/h1-6H,7,17H2;1H. The quantitative estimate of drug-likeness (QED) is 0.882. The molecule has 0 fully saturated rings. The van der Waals surface area contributed by atoms with Gasteiger partial charge < -0.3 is 5.73 Å². The Morgan fingerprint density at radius 3 is 2.17 bits per heavy atom. The number of halogens is 4. The van der Waals surface area contributed by atoms with Crippen molar-refractivity contribution in [1.29, 1.82) is 0 Å². The lowest BCUT2D eigenvalue weighted by molar-refractivity contribution is 0.611. The fraction of sp³-hybridized carbons (Fsp3) is 0.0769. The van der Waals surface area contributed by atoms with Crippen LogP contribution in [0.1, 0.15) is 5.56 Å². The minimum Gasteiger partial charge on any atom is -0.326 e. The first kappa shape index (κ1) is 14.9. The molecular formula is C13H11Cl2F2N. The highest BCUT2D eigenvalue weighted by atomic mass is 35.5. The second-order valence-corrected chi connectivity index (χ2v) is 4.05. The van der Waals surface area contributed by atoms with Crippen LogP contribution >= 0.6 is 24.0 Å². The number of nitrogens with two attached hydrogens (primary N) is 1. The Hall–Kier alpha value is -1.16. The van der Waals surface area contributed by atoms with Gasteiger partial charge in [-0.15, -0.1) is 12.4 Å². The van der Waals surface area contributed by atoms with Gasteiger partial charge in [-0.25, -0.2) is 8.78 Å². The highest BCUT2D eigenvalue weighted by molar-refractivity contribution is 6.30. The van der Waals surface area contributed by atoms with Gasteiger partial charge in [-0.3, -0.25) is 0 Å². The normalized spacial score (nSPS) is 10.0. The maximum absolute atomic E-state index is 13.3. The van der Waals surface area contributed by atoms with Crippen LogP contribution in [-0.2, 0) is 6.54 Å². The third-order valence-electron chi connectivity index (χ3n) is 2.52. The van der Waals surface area contributed by atoms with Crippen molar-refractivity contribution < 1.29 is 8.78 Å². The molecule has 0 saturated heterocycles. The van der Waals surface area contributed by atoms with Gasteiger partial charge in [-0.05, 0) is 35.4 Å². The molecule has 2 N–H and O–H groups in total. The molecule has 96 valence electrons. The Bertz CT molecular complexity index is 559. The van der Waals surface area contributed by atoms with E-state index in [0.717, 1.165) is 0 Å². The van der Waals surface area contributed by atoms with E-state index in [-0.39, 0.29) is 29.8 Å². The van der Waals surface area contributed by atoms with Crippen LogP contribution in [0.4, 0.5) is 8.78 Å². The molecule has 0 heterocycles. The lowest BCUT2D eigenvalue weighted by atomic mass is 10.0. The average molecular weight is 290 g/mol. The van der Waals surface area contributed by atoms with Crippen molar-refractivity contribution in [3.63, 3.8) is 0 Å². The molecule has 2 aromatic carbocycles. The first-order valence-electron chi connectivity index (χ1n) is 5.05. The van der Waals surface area contributed by atoms with Crippen molar-refractivity contribution in [2.24, 2.45) is 5.73 Å². The Labute approximate surface area is 115 Å². The lowest BCUT2D eigenvalue weighted by Crippen LogP contribution is -1.99. The van der Waals surface area contributed by atoms with Gasteiger partial charge in [0.05, 0.1) is 5.02 Å². The van der Waals surface area contributed by atoms with Crippen LogP contribution in [0.15, 0.2) is 36.4 Å². The van der Waals surface area contributed by atoms with E-state index in [1.807, 2.05) is 0 Å². The largest absolute Gasteiger partial charge is 0.326 e. The second kappa shape index (κ2) is 6.14. The van der Waals surface area contributed by atoms with Gasteiger partial charge in [-0.1, -0.05) is 23.7 Å². The Morgan fingerprint density at radius 1 is 0.944 bits per heavy atom. The molecule has 18 heavy (non-hydrogen) atoms. The molecule has 0 bridgehead atoms. The number of rotatable bonds is 2. The Kier molecular flexibility index (Phi) is 5.08.